The van der Waals surface area contributed by atoms with Crippen LogP contribution in [0, 0.1) is 12.7 Å². The van der Waals surface area contributed by atoms with Crippen molar-refractivity contribution in [1.29, 1.82) is 0 Å². The first kappa shape index (κ1) is 9.06. The van der Waals surface area contributed by atoms with Crippen LogP contribution in [0.5, 0.6) is 0 Å². The highest BCUT2D eigenvalue weighted by atomic mass is 19.1. The Balaban J connectivity index is 2.87. The van der Waals surface area contributed by atoms with Gasteiger partial charge in [0.25, 0.3) is 0 Å². The Morgan fingerprint density at radius 1 is 1.43 bits per heavy atom. The third-order valence-corrected chi connectivity index (χ3v) is 2.64. The topological polar surface area (TPSA) is 41.8 Å². The molecule has 0 amide bonds. The van der Waals surface area contributed by atoms with Gasteiger partial charge in [0.05, 0.1) is 5.69 Å². The Kier molecular flexibility index (Phi) is 1.95. The van der Waals surface area contributed by atoms with Gasteiger partial charge >= 0.3 is 0 Å². The van der Waals surface area contributed by atoms with Crippen LogP contribution in [0.15, 0.2) is 12.1 Å². The van der Waals surface area contributed by atoms with Gasteiger partial charge in [-0.25, -0.2) is 4.39 Å². The molecule has 2 rings (SSSR count). The predicted molar refractivity (Wildman–Crippen MR) is 56.8 cm³/mol. The number of hydrogen-bond donors (Lipinski definition) is 2. The van der Waals surface area contributed by atoms with Gasteiger partial charge < -0.3 is 10.7 Å². The highest BCUT2D eigenvalue weighted by Crippen LogP contribution is 2.27. The third-order valence-electron chi connectivity index (χ3n) is 2.64. The number of aromatic amines is 1. The van der Waals surface area contributed by atoms with Crippen LogP contribution in [0.4, 0.5) is 10.1 Å². The van der Waals surface area contributed by atoms with Gasteiger partial charge in [-0.1, -0.05) is 6.92 Å². The van der Waals surface area contributed by atoms with Crippen LogP contribution in [0.1, 0.15) is 18.2 Å². The SMILES string of the molecule is CCc1[nH]c2ccc(N)c(F)c2c1C. The lowest BCUT2D eigenvalue weighted by Gasteiger charge is -1.98. The van der Waals surface area contributed by atoms with E-state index in [9.17, 15) is 4.39 Å². The van der Waals surface area contributed by atoms with E-state index in [1.165, 1.54) is 0 Å². The zero-order valence-corrected chi connectivity index (χ0v) is 8.32. The van der Waals surface area contributed by atoms with Crippen LogP contribution in [0.3, 0.4) is 0 Å². The molecule has 0 aliphatic carbocycles. The number of H-pyrrole nitrogens is 1. The molecule has 0 bridgehead atoms. The lowest BCUT2D eigenvalue weighted by atomic mass is 10.1. The highest BCUT2D eigenvalue weighted by molar-refractivity contribution is 5.88. The number of nitrogen functional groups attached to an aromatic ring is 1. The molecular weight excluding hydrogens is 179 g/mol. The standard InChI is InChI=1S/C11H13FN2/c1-3-8-6(2)10-9(14-8)5-4-7(13)11(10)12/h4-5,14H,3,13H2,1-2H3. The van der Waals surface area contributed by atoms with E-state index in [0.29, 0.717) is 5.39 Å². The van der Waals surface area contributed by atoms with Crippen molar-refractivity contribution in [3.8, 4) is 0 Å². The zero-order chi connectivity index (χ0) is 10.3. The summed E-state index contributed by atoms with van der Waals surface area (Å²) in [5.41, 5.74) is 8.59. The quantitative estimate of drug-likeness (QED) is 0.670. The summed E-state index contributed by atoms with van der Waals surface area (Å²) >= 11 is 0. The molecule has 0 aliphatic rings. The zero-order valence-electron chi connectivity index (χ0n) is 8.32. The van der Waals surface area contributed by atoms with E-state index < -0.39 is 0 Å². The largest absolute Gasteiger partial charge is 0.396 e. The van der Waals surface area contributed by atoms with Gasteiger partial charge in [0.1, 0.15) is 0 Å². The second-order valence-corrected chi connectivity index (χ2v) is 3.47. The minimum atomic E-state index is -0.309. The van der Waals surface area contributed by atoms with Crippen molar-refractivity contribution in [2.45, 2.75) is 20.3 Å². The highest BCUT2D eigenvalue weighted by Gasteiger charge is 2.12. The maximum atomic E-state index is 13.7. The molecule has 0 radical (unpaired) electrons. The van der Waals surface area contributed by atoms with E-state index in [2.05, 4.69) is 4.98 Å². The summed E-state index contributed by atoms with van der Waals surface area (Å²) in [6.45, 7) is 3.96. The molecule has 0 spiro atoms. The summed E-state index contributed by atoms with van der Waals surface area (Å²) in [5.74, 6) is -0.309. The van der Waals surface area contributed by atoms with Gasteiger partial charge in [-0.3, -0.25) is 0 Å². The van der Waals surface area contributed by atoms with Crippen molar-refractivity contribution in [1.82, 2.24) is 4.98 Å². The van der Waals surface area contributed by atoms with Crippen molar-refractivity contribution in [3.05, 3.63) is 29.2 Å². The fraction of sp³-hybridized carbons (Fsp3) is 0.273. The molecule has 3 heteroatoms. The number of aryl methyl sites for hydroxylation is 2. The molecule has 0 saturated carbocycles. The lowest BCUT2D eigenvalue weighted by molar-refractivity contribution is 0.644. The van der Waals surface area contributed by atoms with Crippen LogP contribution in [-0.4, -0.2) is 4.98 Å². The Morgan fingerprint density at radius 2 is 2.14 bits per heavy atom. The van der Waals surface area contributed by atoms with Crippen molar-refractivity contribution in [2.75, 3.05) is 5.73 Å². The first-order valence-corrected chi connectivity index (χ1v) is 4.70. The van der Waals surface area contributed by atoms with Crippen molar-refractivity contribution >= 4 is 16.6 Å². The first-order chi connectivity index (χ1) is 6.65. The van der Waals surface area contributed by atoms with E-state index in [1.54, 1.807) is 6.07 Å². The fourth-order valence-corrected chi connectivity index (χ4v) is 1.82. The molecule has 1 heterocycles. The number of anilines is 1. The Bertz CT molecular complexity index is 485. The monoisotopic (exact) mass is 192 g/mol. The molecule has 0 unspecified atom stereocenters. The number of aromatic nitrogens is 1. The summed E-state index contributed by atoms with van der Waals surface area (Å²) in [4.78, 5) is 3.19. The first-order valence-electron chi connectivity index (χ1n) is 4.70. The molecule has 0 aliphatic heterocycles. The number of halogens is 1. The van der Waals surface area contributed by atoms with E-state index in [0.717, 1.165) is 23.2 Å². The fourth-order valence-electron chi connectivity index (χ4n) is 1.82. The number of benzene rings is 1. The van der Waals surface area contributed by atoms with Gasteiger partial charge in [-0.2, -0.15) is 0 Å². The van der Waals surface area contributed by atoms with Gasteiger partial charge in [0.15, 0.2) is 5.82 Å². The normalized spacial score (nSPS) is 11.1. The van der Waals surface area contributed by atoms with Gasteiger partial charge in [0, 0.05) is 16.6 Å². The van der Waals surface area contributed by atoms with Crippen LogP contribution < -0.4 is 5.73 Å². The van der Waals surface area contributed by atoms with E-state index >= 15 is 0 Å². The Morgan fingerprint density at radius 3 is 2.79 bits per heavy atom. The molecule has 74 valence electrons. The number of rotatable bonds is 1. The average molecular weight is 192 g/mol. The minimum Gasteiger partial charge on any atom is -0.396 e. The smallest absolute Gasteiger partial charge is 0.155 e. The van der Waals surface area contributed by atoms with Crippen molar-refractivity contribution in [3.63, 3.8) is 0 Å². The van der Waals surface area contributed by atoms with Gasteiger partial charge in [-0.05, 0) is 31.0 Å². The van der Waals surface area contributed by atoms with Crippen LogP contribution in [-0.2, 0) is 6.42 Å². The molecule has 1 aromatic heterocycles. The maximum absolute atomic E-state index is 13.7. The number of fused-ring (bicyclic) bond motifs is 1. The Hall–Kier alpha value is -1.51. The molecule has 2 nitrogen and oxygen atoms in total. The molecule has 0 saturated heterocycles. The maximum Gasteiger partial charge on any atom is 0.155 e. The summed E-state index contributed by atoms with van der Waals surface area (Å²) in [6, 6.07) is 3.41. The van der Waals surface area contributed by atoms with Gasteiger partial charge in [-0.15, -0.1) is 0 Å². The van der Waals surface area contributed by atoms with E-state index in [-0.39, 0.29) is 11.5 Å². The van der Waals surface area contributed by atoms with Crippen LogP contribution >= 0.6 is 0 Å². The minimum absolute atomic E-state index is 0.210. The number of nitrogens with two attached hydrogens (primary N) is 1. The van der Waals surface area contributed by atoms with Crippen molar-refractivity contribution < 1.29 is 4.39 Å². The number of nitrogens with one attached hydrogen (secondary N) is 1. The number of hydrogen-bond acceptors (Lipinski definition) is 1. The third kappa shape index (κ3) is 1.09. The van der Waals surface area contributed by atoms with Crippen molar-refractivity contribution in [2.24, 2.45) is 0 Å². The van der Waals surface area contributed by atoms with Crippen LogP contribution in [0.25, 0.3) is 10.9 Å². The lowest BCUT2D eigenvalue weighted by Crippen LogP contribution is -1.90. The predicted octanol–water partition coefficient (Wildman–Crippen LogP) is 2.76. The second-order valence-electron chi connectivity index (χ2n) is 3.47. The van der Waals surface area contributed by atoms with Gasteiger partial charge in [0.2, 0.25) is 0 Å². The molecule has 14 heavy (non-hydrogen) atoms. The average Bonchev–Trinajstić information content (AvgIpc) is 2.50. The summed E-state index contributed by atoms with van der Waals surface area (Å²) in [6.07, 6.45) is 0.875. The second kappa shape index (κ2) is 3.01. The molecule has 1 aromatic carbocycles. The molecule has 0 atom stereocenters. The van der Waals surface area contributed by atoms with Crippen LogP contribution in [0.2, 0.25) is 0 Å². The molecule has 0 fully saturated rings. The van der Waals surface area contributed by atoms with E-state index in [1.807, 2.05) is 19.9 Å². The molecular formula is C11H13FN2. The molecule has 3 N–H and O–H groups in total. The summed E-state index contributed by atoms with van der Waals surface area (Å²) < 4.78 is 13.7. The Labute approximate surface area is 81.9 Å². The van der Waals surface area contributed by atoms with E-state index in [4.69, 9.17) is 5.73 Å². The summed E-state index contributed by atoms with van der Waals surface area (Å²) in [5, 5.41) is 0.627. The molecule has 2 aromatic rings. The summed E-state index contributed by atoms with van der Waals surface area (Å²) in [7, 11) is 0.